The number of para-hydroxylation sites is 1. The van der Waals surface area contributed by atoms with Gasteiger partial charge in [-0.25, -0.2) is 8.42 Å². The highest BCUT2D eigenvalue weighted by Gasteiger charge is 2.24. The Morgan fingerprint density at radius 3 is 2.27 bits per heavy atom. The molecular formula is C19H14ClNO4S. The summed E-state index contributed by atoms with van der Waals surface area (Å²) in [5.74, 6) is 1.48. The van der Waals surface area contributed by atoms with Gasteiger partial charge in [-0.1, -0.05) is 35.9 Å². The van der Waals surface area contributed by atoms with Gasteiger partial charge in [-0.15, -0.1) is 0 Å². The Balaban J connectivity index is 1.63. The molecule has 0 amide bonds. The van der Waals surface area contributed by atoms with Crippen LogP contribution in [0.5, 0.6) is 17.2 Å². The van der Waals surface area contributed by atoms with Gasteiger partial charge in [0.2, 0.25) is 5.94 Å². The average molecular weight is 388 g/mol. The Labute approximate surface area is 156 Å². The van der Waals surface area contributed by atoms with E-state index in [9.17, 15) is 8.42 Å². The summed E-state index contributed by atoms with van der Waals surface area (Å²) in [5, 5.41) is 0.645. The maximum Gasteiger partial charge on any atom is 0.268 e. The molecule has 26 heavy (non-hydrogen) atoms. The van der Waals surface area contributed by atoms with Crippen molar-refractivity contribution in [2.75, 3.05) is 10.7 Å². The van der Waals surface area contributed by atoms with Crippen LogP contribution in [0.15, 0.2) is 66.7 Å². The predicted octanol–water partition coefficient (Wildman–Crippen LogP) is 4.89. The van der Waals surface area contributed by atoms with E-state index in [-0.39, 0.29) is 5.94 Å². The van der Waals surface area contributed by atoms with Gasteiger partial charge in [0, 0.05) is 10.6 Å². The van der Waals surface area contributed by atoms with Crippen molar-refractivity contribution in [3.05, 3.63) is 71.8 Å². The normalized spacial score (nSPS) is 14.7. The molecule has 3 aromatic carbocycles. The molecular weight excluding hydrogens is 374 g/mol. The molecule has 7 heteroatoms. The van der Waals surface area contributed by atoms with E-state index in [4.69, 9.17) is 21.1 Å². The third-order valence-electron chi connectivity index (χ3n) is 3.87. The van der Waals surface area contributed by atoms with Gasteiger partial charge in [-0.3, -0.25) is 4.72 Å². The first-order valence-corrected chi connectivity index (χ1v) is 9.83. The zero-order chi connectivity index (χ0) is 18.1. The van der Waals surface area contributed by atoms with Gasteiger partial charge in [0.1, 0.15) is 17.2 Å². The fourth-order valence-electron chi connectivity index (χ4n) is 2.66. The van der Waals surface area contributed by atoms with Gasteiger partial charge < -0.3 is 9.47 Å². The minimum atomic E-state index is -3.49. The number of benzene rings is 3. The summed E-state index contributed by atoms with van der Waals surface area (Å²) in [4.78, 5) is 0. The number of nitrogens with one attached hydrogen (secondary N) is 1. The smallest absolute Gasteiger partial charge is 0.268 e. The second kappa shape index (κ2) is 6.55. The molecule has 1 heterocycles. The molecule has 0 unspecified atom stereocenters. The van der Waals surface area contributed by atoms with Gasteiger partial charge in [0.05, 0.1) is 5.69 Å². The quantitative estimate of drug-likeness (QED) is 0.694. The van der Waals surface area contributed by atoms with Crippen LogP contribution in [-0.4, -0.2) is 14.4 Å². The summed E-state index contributed by atoms with van der Waals surface area (Å²) in [6.07, 6.45) is 0. The molecule has 0 bridgehead atoms. The van der Waals surface area contributed by atoms with Crippen molar-refractivity contribution in [1.82, 2.24) is 0 Å². The van der Waals surface area contributed by atoms with Gasteiger partial charge in [-0.05, 0) is 48.0 Å². The standard InChI is InChI=1S/C19H14ClNO4S/c20-14-6-10-16(11-7-14)25-15-8-4-13(5-9-15)17-2-1-3-18-19(17)21-26(22,23)12-24-18/h1-11,21H,12H2. The van der Waals surface area contributed by atoms with Gasteiger partial charge in [-0.2, -0.15) is 0 Å². The van der Waals surface area contributed by atoms with Crippen LogP contribution in [-0.2, 0) is 10.0 Å². The Hall–Kier alpha value is -2.70. The van der Waals surface area contributed by atoms with E-state index >= 15 is 0 Å². The van der Waals surface area contributed by atoms with Crippen molar-refractivity contribution in [1.29, 1.82) is 0 Å². The minimum Gasteiger partial charge on any atom is -0.474 e. The van der Waals surface area contributed by atoms with E-state index in [1.165, 1.54) is 0 Å². The van der Waals surface area contributed by atoms with Crippen LogP contribution in [0.3, 0.4) is 0 Å². The van der Waals surface area contributed by atoms with Crippen molar-refractivity contribution < 1.29 is 17.9 Å². The van der Waals surface area contributed by atoms with Crippen LogP contribution in [0.1, 0.15) is 0 Å². The van der Waals surface area contributed by atoms with E-state index in [1.54, 1.807) is 30.3 Å². The number of sulfonamides is 1. The molecule has 3 aromatic rings. The molecule has 5 nitrogen and oxygen atoms in total. The van der Waals surface area contributed by atoms with Crippen LogP contribution in [0, 0.1) is 0 Å². The van der Waals surface area contributed by atoms with Crippen LogP contribution in [0.2, 0.25) is 5.02 Å². The summed E-state index contributed by atoms with van der Waals surface area (Å²) in [5.41, 5.74) is 2.03. The zero-order valence-corrected chi connectivity index (χ0v) is 15.0. The average Bonchev–Trinajstić information content (AvgIpc) is 2.63. The molecule has 0 aromatic heterocycles. The molecule has 1 N–H and O–H groups in total. The highest BCUT2D eigenvalue weighted by Crippen LogP contribution is 2.39. The highest BCUT2D eigenvalue weighted by molar-refractivity contribution is 7.92. The van der Waals surface area contributed by atoms with Crippen molar-refractivity contribution in [3.8, 4) is 28.4 Å². The summed E-state index contributed by atoms with van der Waals surface area (Å²) in [7, 11) is -3.49. The number of fused-ring (bicyclic) bond motifs is 1. The summed E-state index contributed by atoms with van der Waals surface area (Å²) >= 11 is 5.87. The predicted molar refractivity (Wildman–Crippen MR) is 101 cm³/mol. The third-order valence-corrected chi connectivity index (χ3v) is 5.06. The lowest BCUT2D eigenvalue weighted by atomic mass is 10.0. The molecule has 0 saturated heterocycles. The molecule has 0 atom stereocenters. The molecule has 0 saturated carbocycles. The Bertz CT molecular complexity index is 1050. The lowest BCUT2D eigenvalue weighted by Crippen LogP contribution is -2.25. The monoisotopic (exact) mass is 387 g/mol. The van der Waals surface area contributed by atoms with Crippen LogP contribution in [0.4, 0.5) is 5.69 Å². The molecule has 1 aliphatic heterocycles. The fourth-order valence-corrected chi connectivity index (χ4v) is 3.65. The number of halogens is 1. The van der Waals surface area contributed by atoms with Crippen molar-refractivity contribution in [2.24, 2.45) is 0 Å². The second-order valence-electron chi connectivity index (χ2n) is 5.74. The molecule has 0 fully saturated rings. The van der Waals surface area contributed by atoms with E-state index in [0.29, 0.717) is 28.0 Å². The first-order valence-electron chi connectivity index (χ1n) is 7.80. The maximum absolute atomic E-state index is 11.8. The summed E-state index contributed by atoms with van der Waals surface area (Å²) in [6.45, 7) is 0. The lowest BCUT2D eigenvalue weighted by molar-refractivity contribution is 0.374. The summed E-state index contributed by atoms with van der Waals surface area (Å²) in [6, 6.07) is 19.9. The van der Waals surface area contributed by atoms with Crippen LogP contribution < -0.4 is 14.2 Å². The lowest BCUT2D eigenvalue weighted by Gasteiger charge is -2.22. The molecule has 0 radical (unpaired) electrons. The van der Waals surface area contributed by atoms with E-state index in [1.807, 2.05) is 36.4 Å². The van der Waals surface area contributed by atoms with Gasteiger partial charge >= 0.3 is 0 Å². The number of hydrogen-bond acceptors (Lipinski definition) is 4. The van der Waals surface area contributed by atoms with E-state index < -0.39 is 10.0 Å². The Morgan fingerprint density at radius 2 is 1.58 bits per heavy atom. The van der Waals surface area contributed by atoms with Crippen molar-refractivity contribution in [3.63, 3.8) is 0 Å². The maximum atomic E-state index is 11.8. The molecule has 132 valence electrons. The van der Waals surface area contributed by atoms with Crippen molar-refractivity contribution >= 4 is 27.3 Å². The Morgan fingerprint density at radius 1 is 0.923 bits per heavy atom. The van der Waals surface area contributed by atoms with E-state index in [2.05, 4.69) is 4.72 Å². The SMILES string of the molecule is O=S1(=O)COc2cccc(-c3ccc(Oc4ccc(Cl)cc4)cc3)c2N1. The molecule has 0 aliphatic carbocycles. The number of rotatable bonds is 3. The van der Waals surface area contributed by atoms with Crippen molar-refractivity contribution in [2.45, 2.75) is 0 Å². The first kappa shape index (κ1) is 16.8. The van der Waals surface area contributed by atoms with E-state index in [0.717, 1.165) is 11.1 Å². The molecule has 4 rings (SSSR count). The number of ether oxygens (including phenoxy) is 2. The first-order chi connectivity index (χ1) is 12.5. The van der Waals surface area contributed by atoms with Crippen LogP contribution >= 0.6 is 11.6 Å². The summed E-state index contributed by atoms with van der Waals surface area (Å²) < 4.78 is 37.3. The fraction of sp³-hybridized carbons (Fsp3) is 0.0526. The second-order valence-corrected chi connectivity index (χ2v) is 7.84. The molecule has 1 aliphatic rings. The highest BCUT2D eigenvalue weighted by atomic mass is 35.5. The largest absolute Gasteiger partial charge is 0.474 e. The topological polar surface area (TPSA) is 64.6 Å². The van der Waals surface area contributed by atoms with Crippen LogP contribution in [0.25, 0.3) is 11.1 Å². The number of anilines is 1. The van der Waals surface area contributed by atoms with Gasteiger partial charge in [0.15, 0.2) is 0 Å². The number of hydrogen-bond donors (Lipinski definition) is 1. The Kier molecular flexibility index (Phi) is 4.22. The third kappa shape index (κ3) is 3.47. The minimum absolute atomic E-state index is 0.378. The molecule has 0 spiro atoms. The zero-order valence-electron chi connectivity index (χ0n) is 13.5. The van der Waals surface area contributed by atoms with Gasteiger partial charge in [0.25, 0.3) is 10.0 Å².